The lowest BCUT2D eigenvalue weighted by atomic mass is 10.2. The van der Waals surface area contributed by atoms with Gasteiger partial charge in [0, 0.05) is 13.0 Å². The van der Waals surface area contributed by atoms with E-state index in [0.29, 0.717) is 41.1 Å². The molecule has 0 aliphatic rings. The van der Waals surface area contributed by atoms with Gasteiger partial charge in [0.15, 0.2) is 5.82 Å². The molecule has 0 fully saturated rings. The summed E-state index contributed by atoms with van der Waals surface area (Å²) < 4.78 is 6.95. The zero-order valence-corrected chi connectivity index (χ0v) is 17.2. The van der Waals surface area contributed by atoms with Crippen LogP contribution in [-0.4, -0.2) is 33.2 Å². The average Bonchev–Trinajstić information content (AvgIpc) is 2.79. The molecule has 10 heteroatoms. The van der Waals surface area contributed by atoms with Gasteiger partial charge in [0.25, 0.3) is 5.56 Å². The fourth-order valence-electron chi connectivity index (χ4n) is 3.45. The summed E-state index contributed by atoms with van der Waals surface area (Å²) in [4.78, 5) is 26.1. The molecule has 4 aromatic rings. The van der Waals surface area contributed by atoms with E-state index in [-0.39, 0.29) is 28.7 Å². The van der Waals surface area contributed by atoms with Crippen molar-refractivity contribution in [2.75, 3.05) is 30.4 Å². The van der Waals surface area contributed by atoms with E-state index in [4.69, 9.17) is 21.2 Å². The largest absolute Gasteiger partial charge is 0.496 e. The van der Waals surface area contributed by atoms with Crippen LogP contribution in [0.1, 0.15) is 11.4 Å². The lowest BCUT2D eigenvalue weighted by molar-refractivity contribution is 0.419. The lowest BCUT2D eigenvalue weighted by Crippen LogP contribution is -2.26. The molecule has 0 bridgehead atoms. The summed E-state index contributed by atoms with van der Waals surface area (Å²) in [6.45, 7) is 0.319. The molecule has 0 spiro atoms. The summed E-state index contributed by atoms with van der Waals surface area (Å²) >= 11 is 0. The first-order chi connectivity index (χ1) is 15.5. The van der Waals surface area contributed by atoms with Gasteiger partial charge >= 0.3 is 0 Å². The Kier molecular flexibility index (Phi) is 5.55. The predicted molar refractivity (Wildman–Crippen MR) is 122 cm³/mol. The molecule has 0 radical (unpaired) electrons. The number of hydrogen-bond donors (Lipinski definition) is 3. The third-order valence-corrected chi connectivity index (χ3v) is 4.87. The van der Waals surface area contributed by atoms with Gasteiger partial charge in [-0.1, -0.05) is 24.3 Å². The molecule has 0 atom stereocenters. The Morgan fingerprint density at radius 2 is 1.88 bits per heavy atom. The molecule has 5 N–H and O–H groups in total. The highest BCUT2D eigenvalue weighted by Crippen LogP contribution is 2.23. The Hall–Kier alpha value is -4.65. The standard InChI is InChI=1S/C22H20N8O2/c1-32-16-9-5-8-15-18(16)21(31)30(13-6-3-2-4-7-13)17(27-15)10-11-26-20-14(12-23)19(24)28-22(25)29-20/h2-9H,10-11H2,1H3,(H5,24,25,26,28,29). The van der Waals surface area contributed by atoms with Crippen molar-refractivity contribution in [1.29, 1.82) is 5.26 Å². The molecule has 0 amide bonds. The number of nitrogen functional groups attached to an aromatic ring is 2. The minimum absolute atomic E-state index is 0.000353. The molecular weight excluding hydrogens is 408 g/mol. The monoisotopic (exact) mass is 428 g/mol. The topological polar surface area (TPSA) is 158 Å². The lowest BCUT2D eigenvalue weighted by Gasteiger charge is -2.15. The molecule has 0 saturated carbocycles. The van der Waals surface area contributed by atoms with Crippen LogP contribution in [0, 0.1) is 11.3 Å². The molecule has 4 rings (SSSR count). The number of hydrogen-bond acceptors (Lipinski definition) is 9. The molecule has 160 valence electrons. The maximum Gasteiger partial charge on any atom is 0.269 e. The number of ether oxygens (including phenoxy) is 1. The van der Waals surface area contributed by atoms with E-state index in [9.17, 15) is 10.1 Å². The van der Waals surface area contributed by atoms with E-state index in [1.807, 2.05) is 36.4 Å². The van der Waals surface area contributed by atoms with Crippen LogP contribution in [0.2, 0.25) is 0 Å². The number of nitriles is 1. The van der Waals surface area contributed by atoms with Gasteiger partial charge in [0.05, 0.1) is 18.3 Å². The van der Waals surface area contributed by atoms with Gasteiger partial charge in [-0.25, -0.2) is 4.98 Å². The van der Waals surface area contributed by atoms with Crippen LogP contribution in [0.3, 0.4) is 0 Å². The van der Waals surface area contributed by atoms with E-state index in [0.717, 1.165) is 0 Å². The molecule has 2 heterocycles. The smallest absolute Gasteiger partial charge is 0.269 e. The Balaban J connectivity index is 1.76. The number of para-hydroxylation sites is 1. The third-order valence-electron chi connectivity index (χ3n) is 4.87. The quantitative estimate of drug-likeness (QED) is 0.417. The minimum atomic E-state index is -0.234. The summed E-state index contributed by atoms with van der Waals surface area (Å²) in [6, 6.07) is 16.5. The number of nitrogens with zero attached hydrogens (tertiary/aromatic N) is 5. The third kappa shape index (κ3) is 3.75. The minimum Gasteiger partial charge on any atom is -0.496 e. The number of aromatic nitrogens is 4. The van der Waals surface area contributed by atoms with Crippen LogP contribution in [0.4, 0.5) is 17.6 Å². The van der Waals surface area contributed by atoms with Crippen LogP contribution in [0.15, 0.2) is 53.3 Å². The van der Waals surface area contributed by atoms with Gasteiger partial charge in [0.2, 0.25) is 5.95 Å². The highest BCUT2D eigenvalue weighted by atomic mass is 16.5. The van der Waals surface area contributed by atoms with Crippen molar-refractivity contribution in [2.24, 2.45) is 0 Å². The second-order valence-corrected chi connectivity index (χ2v) is 6.84. The Morgan fingerprint density at radius 3 is 2.59 bits per heavy atom. The fraction of sp³-hybridized carbons (Fsp3) is 0.136. The van der Waals surface area contributed by atoms with Crippen molar-refractivity contribution in [2.45, 2.75) is 6.42 Å². The number of methoxy groups -OCH3 is 1. The summed E-state index contributed by atoms with van der Waals surface area (Å²) in [5, 5.41) is 12.8. The van der Waals surface area contributed by atoms with E-state index in [1.165, 1.54) is 7.11 Å². The normalized spacial score (nSPS) is 10.6. The first-order valence-electron chi connectivity index (χ1n) is 9.74. The summed E-state index contributed by atoms with van der Waals surface area (Å²) in [6.07, 6.45) is 0.353. The van der Waals surface area contributed by atoms with Crippen LogP contribution in [0.25, 0.3) is 16.6 Å². The van der Waals surface area contributed by atoms with Crippen LogP contribution in [0.5, 0.6) is 5.75 Å². The number of nitrogens with one attached hydrogen (secondary N) is 1. The first-order valence-corrected chi connectivity index (χ1v) is 9.74. The second-order valence-electron chi connectivity index (χ2n) is 6.84. The number of fused-ring (bicyclic) bond motifs is 1. The summed E-state index contributed by atoms with van der Waals surface area (Å²) in [5.41, 5.74) is 12.5. The summed E-state index contributed by atoms with van der Waals surface area (Å²) in [5.74, 6) is 1.18. The van der Waals surface area contributed by atoms with Gasteiger partial charge in [-0.05, 0) is 24.3 Å². The molecule has 0 aliphatic carbocycles. The Morgan fingerprint density at radius 1 is 1.09 bits per heavy atom. The summed E-state index contributed by atoms with van der Waals surface area (Å²) in [7, 11) is 1.52. The molecule has 2 aromatic carbocycles. The highest BCUT2D eigenvalue weighted by molar-refractivity contribution is 5.84. The molecule has 2 aromatic heterocycles. The van der Waals surface area contributed by atoms with Crippen LogP contribution >= 0.6 is 0 Å². The van der Waals surface area contributed by atoms with Crippen molar-refractivity contribution >= 4 is 28.5 Å². The van der Waals surface area contributed by atoms with E-state index in [2.05, 4.69) is 15.3 Å². The number of rotatable bonds is 6. The Labute approximate surface area is 183 Å². The zero-order valence-electron chi connectivity index (χ0n) is 17.2. The van der Waals surface area contributed by atoms with Crippen molar-refractivity contribution in [1.82, 2.24) is 19.5 Å². The van der Waals surface area contributed by atoms with Crippen LogP contribution in [-0.2, 0) is 6.42 Å². The molecule has 32 heavy (non-hydrogen) atoms. The van der Waals surface area contributed by atoms with Crippen molar-refractivity contribution in [3.8, 4) is 17.5 Å². The Bertz CT molecular complexity index is 1390. The second kappa shape index (κ2) is 8.61. The SMILES string of the molecule is COc1cccc2nc(CCNc3nc(N)nc(N)c3C#N)n(-c3ccccc3)c(=O)c12. The number of benzene rings is 2. The first kappa shape index (κ1) is 20.6. The van der Waals surface area contributed by atoms with Gasteiger partial charge < -0.3 is 21.5 Å². The molecule has 0 saturated heterocycles. The molecule has 10 nitrogen and oxygen atoms in total. The number of anilines is 3. The van der Waals surface area contributed by atoms with Gasteiger partial charge in [-0.2, -0.15) is 15.2 Å². The zero-order chi connectivity index (χ0) is 22.7. The predicted octanol–water partition coefficient (Wildman–Crippen LogP) is 1.87. The van der Waals surface area contributed by atoms with Gasteiger partial charge in [-0.3, -0.25) is 9.36 Å². The molecular formula is C22H20N8O2. The fourth-order valence-corrected chi connectivity index (χ4v) is 3.45. The van der Waals surface area contributed by atoms with Crippen molar-refractivity contribution < 1.29 is 4.74 Å². The molecule has 0 unspecified atom stereocenters. The van der Waals surface area contributed by atoms with Crippen LogP contribution < -0.4 is 27.1 Å². The van der Waals surface area contributed by atoms with E-state index < -0.39 is 0 Å². The van der Waals surface area contributed by atoms with Crippen molar-refractivity contribution in [3.05, 3.63) is 70.3 Å². The average molecular weight is 428 g/mol. The number of nitrogens with two attached hydrogens (primary N) is 2. The molecule has 0 aliphatic heterocycles. The maximum atomic E-state index is 13.5. The highest BCUT2D eigenvalue weighted by Gasteiger charge is 2.16. The van der Waals surface area contributed by atoms with E-state index >= 15 is 0 Å². The van der Waals surface area contributed by atoms with Gasteiger partial charge in [-0.15, -0.1) is 0 Å². The van der Waals surface area contributed by atoms with E-state index in [1.54, 1.807) is 22.8 Å². The van der Waals surface area contributed by atoms with Crippen molar-refractivity contribution in [3.63, 3.8) is 0 Å². The van der Waals surface area contributed by atoms with Gasteiger partial charge in [0.1, 0.15) is 34.4 Å². The maximum absolute atomic E-state index is 13.5.